The number of aromatic hydroxyl groups is 2. The maximum Gasteiger partial charge on any atom is 0.331 e. The maximum absolute atomic E-state index is 14.9. The Labute approximate surface area is 405 Å². The van der Waals surface area contributed by atoms with E-state index in [2.05, 4.69) is 28.1 Å². The molecule has 0 aromatic heterocycles. The van der Waals surface area contributed by atoms with Crippen molar-refractivity contribution in [1.82, 2.24) is 15.1 Å². The second-order valence-electron chi connectivity index (χ2n) is 19.8. The van der Waals surface area contributed by atoms with Gasteiger partial charge in [-0.3, -0.25) is 19.9 Å². The summed E-state index contributed by atoms with van der Waals surface area (Å²) in [5.41, 5.74) is 4.52. The molecule has 0 radical (unpaired) electrons. The Hall–Kier alpha value is -4.41. The van der Waals surface area contributed by atoms with Gasteiger partial charge in [-0.25, -0.2) is 4.79 Å². The number of hydrogen-bond acceptors (Lipinski definition) is 15. The van der Waals surface area contributed by atoms with E-state index in [-0.39, 0.29) is 48.8 Å². The molecular weight excluding hydrogens is 887 g/mol. The van der Waals surface area contributed by atoms with Gasteiger partial charge in [0.05, 0.1) is 37.6 Å². The molecule has 4 N–H and O–H groups in total. The van der Waals surface area contributed by atoms with Crippen LogP contribution >= 0.6 is 11.8 Å². The first kappa shape index (κ1) is 48.6. The van der Waals surface area contributed by atoms with E-state index in [1.807, 2.05) is 20.9 Å². The predicted octanol–water partition coefficient (Wildman–Crippen LogP) is 8.87. The van der Waals surface area contributed by atoms with Crippen LogP contribution in [0.25, 0.3) is 0 Å². The molecule has 0 aliphatic carbocycles. The number of ether oxygens (including phenoxy) is 6. The van der Waals surface area contributed by atoms with Crippen LogP contribution in [0.3, 0.4) is 0 Å². The number of nitrogens with one attached hydrogen (secondary N) is 1. The zero-order valence-electron chi connectivity index (χ0n) is 40.7. The number of aliphatic hydroxyl groups is 1. The van der Waals surface area contributed by atoms with Crippen LogP contribution in [-0.4, -0.2) is 102 Å². The lowest BCUT2D eigenvalue weighted by molar-refractivity contribution is -0.186. The third-order valence-electron chi connectivity index (χ3n) is 15.7. The average Bonchev–Trinajstić information content (AvgIpc) is 3.82. The number of fused-ring (bicyclic) bond motifs is 9. The maximum atomic E-state index is 14.9. The Bertz CT molecular complexity index is 2380. The monoisotopic (exact) mass is 957 g/mol. The molecule has 1 unspecified atom stereocenters. The fraction of sp³-hybridized carbons (Fsp3) is 0.623. The number of likely N-dealkylation sites (N-methyl/N-ethyl adjacent to an activating group) is 1. The van der Waals surface area contributed by atoms with Crippen molar-refractivity contribution in [2.75, 3.05) is 47.0 Å². The molecule has 4 bridgehead atoms. The highest BCUT2D eigenvalue weighted by Gasteiger charge is 2.61. The number of piperazine rings is 1. The molecular formula is C53H71N3O11S. The second kappa shape index (κ2) is 20.5. The summed E-state index contributed by atoms with van der Waals surface area (Å²) in [6.45, 7) is 6.26. The van der Waals surface area contributed by atoms with Gasteiger partial charge in [-0.05, 0) is 74.5 Å². The molecule has 2 saturated heterocycles. The third kappa shape index (κ3) is 8.55. The average molecular weight is 958 g/mol. The summed E-state index contributed by atoms with van der Waals surface area (Å²) in [5, 5.41) is 38.9. The minimum absolute atomic E-state index is 0.0140. The molecule has 7 aliphatic rings. The first-order valence-corrected chi connectivity index (χ1v) is 26.2. The molecule has 7 atom stereocenters. The number of phenolic OH excluding ortho intramolecular Hbond substituents is 2. The molecule has 3 aromatic carbocycles. The number of carbonyl (C=O) groups excluding carboxylic acids is 2. The highest BCUT2D eigenvalue weighted by atomic mass is 32.2. The number of unbranched alkanes of at least 4 members (excludes halogenated alkanes) is 12. The van der Waals surface area contributed by atoms with Crippen molar-refractivity contribution in [3.05, 3.63) is 62.7 Å². The molecule has 68 heavy (non-hydrogen) atoms. The summed E-state index contributed by atoms with van der Waals surface area (Å²) in [7, 11) is 5.03. The molecule has 14 nitrogen and oxygen atoms in total. The van der Waals surface area contributed by atoms with Crippen molar-refractivity contribution < 1.29 is 53.3 Å². The normalized spacial score (nSPS) is 25.8. The lowest BCUT2D eigenvalue weighted by atomic mass is 9.73. The number of benzene rings is 3. The number of esters is 2. The molecule has 10 rings (SSSR count). The van der Waals surface area contributed by atoms with Crippen LogP contribution in [-0.2, 0) is 32.7 Å². The minimum Gasteiger partial charge on any atom is -0.504 e. The number of aryl methyl sites for hydroxylation is 1. The highest BCUT2D eigenvalue weighted by molar-refractivity contribution is 7.99. The Kier molecular flexibility index (Phi) is 14.7. The number of nitrogens with zero attached hydrogens (tertiary/aromatic N) is 2. The largest absolute Gasteiger partial charge is 0.504 e. The van der Waals surface area contributed by atoms with E-state index in [9.17, 15) is 24.9 Å². The Morgan fingerprint density at radius 3 is 2.25 bits per heavy atom. The van der Waals surface area contributed by atoms with Crippen LogP contribution in [0, 0.1) is 13.8 Å². The molecule has 7 heterocycles. The molecule has 370 valence electrons. The van der Waals surface area contributed by atoms with Gasteiger partial charge in [0.2, 0.25) is 6.79 Å². The van der Waals surface area contributed by atoms with Crippen LogP contribution < -0.4 is 29.0 Å². The zero-order valence-corrected chi connectivity index (χ0v) is 41.6. The number of rotatable bonds is 17. The van der Waals surface area contributed by atoms with E-state index in [0.29, 0.717) is 71.1 Å². The van der Waals surface area contributed by atoms with Gasteiger partial charge >= 0.3 is 11.9 Å². The van der Waals surface area contributed by atoms with Gasteiger partial charge in [0, 0.05) is 47.0 Å². The van der Waals surface area contributed by atoms with Crippen molar-refractivity contribution in [3.8, 4) is 40.2 Å². The van der Waals surface area contributed by atoms with Gasteiger partial charge in [0.25, 0.3) is 0 Å². The van der Waals surface area contributed by atoms with E-state index < -0.39 is 47.2 Å². The molecule has 7 aliphatic heterocycles. The first-order valence-electron chi connectivity index (χ1n) is 25.1. The Balaban J connectivity index is 1.09. The van der Waals surface area contributed by atoms with Crippen molar-refractivity contribution in [1.29, 1.82) is 0 Å². The smallest absolute Gasteiger partial charge is 0.331 e. The molecule has 3 aromatic rings. The summed E-state index contributed by atoms with van der Waals surface area (Å²) in [6.07, 6.45) is 15.8. The van der Waals surface area contributed by atoms with E-state index in [4.69, 9.17) is 28.4 Å². The summed E-state index contributed by atoms with van der Waals surface area (Å²) in [4.78, 5) is 33.4. The summed E-state index contributed by atoms with van der Waals surface area (Å²) >= 11 is 1.51. The van der Waals surface area contributed by atoms with Gasteiger partial charge in [0.15, 0.2) is 40.0 Å². The van der Waals surface area contributed by atoms with Crippen molar-refractivity contribution in [2.45, 2.75) is 165 Å². The molecule has 15 heteroatoms. The minimum atomic E-state index is -1.37. The number of aliphatic hydroxyl groups excluding tert-OH is 1. The lowest BCUT2D eigenvalue weighted by Gasteiger charge is -2.62. The van der Waals surface area contributed by atoms with E-state index in [1.165, 1.54) is 76.7 Å². The van der Waals surface area contributed by atoms with E-state index >= 15 is 0 Å². The van der Waals surface area contributed by atoms with Crippen LogP contribution in [0.1, 0.15) is 159 Å². The number of hydrogen-bond donors (Lipinski definition) is 4. The fourth-order valence-electron chi connectivity index (χ4n) is 12.3. The number of methoxy groups -OCH3 is 2. The first-order chi connectivity index (χ1) is 32.9. The summed E-state index contributed by atoms with van der Waals surface area (Å²) < 4.78 is 37.1. The van der Waals surface area contributed by atoms with Gasteiger partial charge < -0.3 is 43.7 Å². The second-order valence-corrected chi connectivity index (χ2v) is 20.9. The molecule has 1 spiro atoms. The fourth-order valence-corrected chi connectivity index (χ4v) is 14.0. The summed E-state index contributed by atoms with van der Waals surface area (Å²) in [5.74, 6) is 1.30. The molecule has 2 fully saturated rings. The third-order valence-corrected chi connectivity index (χ3v) is 17.2. The van der Waals surface area contributed by atoms with Crippen LogP contribution in [0.4, 0.5) is 0 Å². The molecule has 0 saturated carbocycles. The van der Waals surface area contributed by atoms with Gasteiger partial charge in [-0.2, -0.15) is 0 Å². The Morgan fingerprint density at radius 1 is 0.868 bits per heavy atom. The van der Waals surface area contributed by atoms with Gasteiger partial charge in [0.1, 0.15) is 18.6 Å². The van der Waals surface area contributed by atoms with Crippen molar-refractivity contribution in [3.63, 3.8) is 0 Å². The SMILES string of the molecule is CCCCCCCCCCCCCCCC(=O)Oc1c(C)c2c(c3c1[C@H]1SC[C@]4(NCCc5cc(O)c(OC)cc54)C(=O)OC[C@H]3N3C1[C@@H]1c4c(cc(C)c(OC)c4O)C[C@H]([C@@H]3O)N1C)OCO2. The highest BCUT2D eigenvalue weighted by Crippen LogP contribution is 2.64. The number of carbonyl (C=O) groups is 2. The molecule has 0 amide bonds. The van der Waals surface area contributed by atoms with Crippen molar-refractivity contribution >= 4 is 23.7 Å². The number of thioether (sulfide) groups is 1. The van der Waals surface area contributed by atoms with Crippen LogP contribution in [0.15, 0.2) is 18.2 Å². The quantitative estimate of drug-likeness (QED) is 0.0575. The lowest BCUT2D eigenvalue weighted by Crippen LogP contribution is -2.70. The number of phenols is 2. The van der Waals surface area contributed by atoms with Crippen LogP contribution in [0.2, 0.25) is 0 Å². The van der Waals surface area contributed by atoms with Crippen LogP contribution in [0.5, 0.6) is 40.2 Å². The van der Waals surface area contributed by atoms with E-state index in [1.54, 1.807) is 19.2 Å². The van der Waals surface area contributed by atoms with Gasteiger partial charge in [-0.15, -0.1) is 11.8 Å². The topological polar surface area (TPSA) is 169 Å². The zero-order chi connectivity index (χ0) is 47.9. The summed E-state index contributed by atoms with van der Waals surface area (Å²) in [6, 6.07) is 3.19. The standard InChI is InChI=1S/C53H71N3O11S/c1-7-8-9-10-11-12-13-14-15-16-17-18-19-20-39(58)67-47-31(3)48-49(66-29-65-48)41-36-27-64-52(61)53(34-26-38(62-5)37(57)25-32(34)21-22-54-53)28-68-50(42(41)47)44-43-40-33(23-30(2)46(63-6)45(40)59)24-35(55(43)4)51(60)56(36)44/h23,25-26,35-36,43-44,50-51,54,57,59-60H,7-22,24,27-29H2,1-6H3/t35-,36-,43+,44?,50-,51+,53-/m1/s1. The Morgan fingerprint density at radius 2 is 1.56 bits per heavy atom. The van der Waals surface area contributed by atoms with E-state index in [0.717, 1.165) is 41.5 Å². The van der Waals surface area contributed by atoms with Crippen molar-refractivity contribution in [2.24, 2.45) is 0 Å². The van der Waals surface area contributed by atoms with Gasteiger partial charge in [-0.1, -0.05) is 90.0 Å². The predicted molar refractivity (Wildman–Crippen MR) is 259 cm³/mol.